The average molecular weight is 255 g/mol. The van der Waals surface area contributed by atoms with Crippen molar-refractivity contribution in [2.45, 2.75) is 39.0 Å². The van der Waals surface area contributed by atoms with Crippen LogP contribution in [0.1, 0.15) is 44.9 Å². The number of nitrogens with one attached hydrogen (secondary N) is 1. The van der Waals surface area contributed by atoms with Crippen molar-refractivity contribution in [1.82, 2.24) is 15.0 Å². The van der Waals surface area contributed by atoms with Gasteiger partial charge in [-0.05, 0) is 12.8 Å². The van der Waals surface area contributed by atoms with E-state index >= 15 is 0 Å². The van der Waals surface area contributed by atoms with E-state index in [4.69, 9.17) is 11.6 Å². The minimum absolute atomic E-state index is 0.288. The van der Waals surface area contributed by atoms with Gasteiger partial charge in [0.15, 0.2) is 0 Å². The summed E-state index contributed by atoms with van der Waals surface area (Å²) in [6.45, 7) is 6.27. The molecule has 0 bridgehead atoms. The summed E-state index contributed by atoms with van der Waals surface area (Å²) in [7, 11) is 0. The van der Waals surface area contributed by atoms with E-state index in [1.165, 1.54) is 19.3 Å². The topological polar surface area (TPSA) is 41.1 Å². The Kier molecular flexibility index (Phi) is 4.18. The number of rotatable bonds is 3. The fraction of sp³-hybridized carbons (Fsp3) is 0.667. The molecule has 1 saturated heterocycles. The van der Waals surface area contributed by atoms with Crippen LogP contribution in [0, 0.1) is 0 Å². The first kappa shape index (κ1) is 12.6. The van der Waals surface area contributed by atoms with E-state index in [9.17, 15) is 0 Å². The lowest BCUT2D eigenvalue weighted by atomic mass is 10.2. The second-order valence-electron chi connectivity index (χ2n) is 4.75. The van der Waals surface area contributed by atoms with Gasteiger partial charge in [0.05, 0.1) is 0 Å². The van der Waals surface area contributed by atoms with Crippen LogP contribution >= 0.6 is 11.6 Å². The van der Waals surface area contributed by atoms with E-state index in [1.54, 1.807) is 6.07 Å². The highest BCUT2D eigenvalue weighted by atomic mass is 35.5. The van der Waals surface area contributed by atoms with Crippen LogP contribution in [0.25, 0.3) is 0 Å². The average Bonchev–Trinajstić information content (AvgIpc) is 2.29. The number of hydrazine groups is 1. The molecular weight excluding hydrogens is 236 g/mol. The van der Waals surface area contributed by atoms with Crippen molar-refractivity contribution in [2.24, 2.45) is 0 Å². The number of aromatic nitrogens is 2. The number of piperidine rings is 1. The van der Waals surface area contributed by atoms with Gasteiger partial charge in [0.2, 0.25) is 0 Å². The SMILES string of the molecule is CC(C)c1nc(Cl)cc(NN2CCCCC2)n1. The van der Waals surface area contributed by atoms with Crippen LogP contribution in [0.3, 0.4) is 0 Å². The van der Waals surface area contributed by atoms with E-state index < -0.39 is 0 Å². The Morgan fingerprint density at radius 3 is 2.59 bits per heavy atom. The minimum Gasteiger partial charge on any atom is -0.303 e. The molecule has 17 heavy (non-hydrogen) atoms. The fourth-order valence-corrected chi connectivity index (χ4v) is 2.11. The molecule has 94 valence electrons. The van der Waals surface area contributed by atoms with E-state index in [-0.39, 0.29) is 5.92 Å². The van der Waals surface area contributed by atoms with Crippen LogP contribution in [0.4, 0.5) is 5.82 Å². The van der Waals surface area contributed by atoms with Crippen molar-refractivity contribution in [3.05, 3.63) is 17.0 Å². The van der Waals surface area contributed by atoms with Gasteiger partial charge in [-0.15, -0.1) is 0 Å². The normalized spacial score (nSPS) is 17.4. The molecule has 1 aromatic rings. The van der Waals surface area contributed by atoms with Gasteiger partial charge in [0.1, 0.15) is 16.8 Å². The van der Waals surface area contributed by atoms with Gasteiger partial charge in [-0.2, -0.15) is 0 Å². The fourth-order valence-electron chi connectivity index (χ4n) is 1.92. The predicted octanol–water partition coefficient (Wildman–Crippen LogP) is 3.07. The summed E-state index contributed by atoms with van der Waals surface area (Å²) >= 11 is 6.00. The van der Waals surface area contributed by atoms with Crippen molar-refractivity contribution in [3.63, 3.8) is 0 Å². The van der Waals surface area contributed by atoms with Crippen molar-refractivity contribution in [1.29, 1.82) is 0 Å². The molecule has 1 aliphatic heterocycles. The summed E-state index contributed by atoms with van der Waals surface area (Å²) in [5, 5.41) is 2.70. The van der Waals surface area contributed by atoms with Crippen LogP contribution < -0.4 is 5.43 Å². The van der Waals surface area contributed by atoms with E-state index in [0.717, 1.165) is 24.7 Å². The molecular formula is C12H19ClN4. The Labute approximate surface area is 107 Å². The lowest BCUT2D eigenvalue weighted by molar-refractivity contribution is 0.272. The molecule has 0 unspecified atom stereocenters. The molecule has 2 heterocycles. The Hall–Kier alpha value is -0.870. The van der Waals surface area contributed by atoms with Crippen LogP contribution in [0.15, 0.2) is 6.07 Å². The van der Waals surface area contributed by atoms with Crippen LogP contribution in [0.2, 0.25) is 5.15 Å². The third kappa shape index (κ3) is 3.54. The number of hydrogen-bond donors (Lipinski definition) is 1. The second-order valence-corrected chi connectivity index (χ2v) is 5.14. The molecule has 4 nitrogen and oxygen atoms in total. The maximum absolute atomic E-state index is 6.00. The van der Waals surface area contributed by atoms with Crippen LogP contribution in [-0.4, -0.2) is 28.1 Å². The highest BCUT2D eigenvalue weighted by molar-refractivity contribution is 6.29. The zero-order valence-electron chi connectivity index (χ0n) is 10.4. The van der Waals surface area contributed by atoms with Gasteiger partial charge < -0.3 is 5.43 Å². The molecule has 0 spiro atoms. The van der Waals surface area contributed by atoms with Gasteiger partial charge in [-0.25, -0.2) is 15.0 Å². The third-order valence-electron chi connectivity index (χ3n) is 2.86. The molecule has 1 fully saturated rings. The van der Waals surface area contributed by atoms with E-state index in [2.05, 4.69) is 34.3 Å². The molecule has 0 atom stereocenters. The summed E-state index contributed by atoms with van der Waals surface area (Å²) in [5.74, 6) is 1.88. The molecule has 2 rings (SSSR count). The van der Waals surface area contributed by atoms with Crippen molar-refractivity contribution in [3.8, 4) is 0 Å². The first-order valence-corrected chi connectivity index (χ1v) is 6.59. The van der Waals surface area contributed by atoms with E-state index in [0.29, 0.717) is 5.15 Å². The first-order valence-electron chi connectivity index (χ1n) is 6.21. The van der Waals surface area contributed by atoms with Gasteiger partial charge >= 0.3 is 0 Å². The van der Waals surface area contributed by atoms with Crippen molar-refractivity contribution < 1.29 is 0 Å². The van der Waals surface area contributed by atoms with Crippen molar-refractivity contribution >= 4 is 17.4 Å². The molecule has 5 heteroatoms. The van der Waals surface area contributed by atoms with Crippen LogP contribution in [0.5, 0.6) is 0 Å². The quantitative estimate of drug-likeness (QED) is 0.842. The first-order chi connectivity index (χ1) is 8.15. The largest absolute Gasteiger partial charge is 0.303 e. The van der Waals surface area contributed by atoms with Gasteiger partial charge in [0, 0.05) is 25.1 Å². The highest BCUT2D eigenvalue weighted by Crippen LogP contribution is 2.18. The van der Waals surface area contributed by atoms with Crippen molar-refractivity contribution in [2.75, 3.05) is 18.5 Å². The number of nitrogens with zero attached hydrogens (tertiary/aromatic N) is 3. The van der Waals surface area contributed by atoms with Gasteiger partial charge in [0.25, 0.3) is 0 Å². The second kappa shape index (κ2) is 5.65. The molecule has 1 aromatic heterocycles. The van der Waals surface area contributed by atoms with Crippen LogP contribution in [-0.2, 0) is 0 Å². The van der Waals surface area contributed by atoms with Gasteiger partial charge in [-0.3, -0.25) is 0 Å². The zero-order valence-corrected chi connectivity index (χ0v) is 11.2. The predicted molar refractivity (Wildman–Crippen MR) is 70.2 cm³/mol. The third-order valence-corrected chi connectivity index (χ3v) is 3.05. The zero-order chi connectivity index (χ0) is 12.3. The highest BCUT2D eigenvalue weighted by Gasteiger charge is 2.12. The summed E-state index contributed by atoms with van der Waals surface area (Å²) in [5.41, 5.74) is 3.31. The summed E-state index contributed by atoms with van der Waals surface area (Å²) < 4.78 is 0. The maximum Gasteiger partial charge on any atom is 0.145 e. The standard InChI is InChI=1S/C12H19ClN4/c1-9(2)12-14-10(13)8-11(15-12)16-17-6-4-3-5-7-17/h8-9H,3-7H2,1-2H3,(H,14,15,16). The molecule has 0 radical (unpaired) electrons. The smallest absolute Gasteiger partial charge is 0.145 e. The number of anilines is 1. The van der Waals surface area contributed by atoms with E-state index in [1.807, 2.05) is 0 Å². The summed E-state index contributed by atoms with van der Waals surface area (Å²) in [4.78, 5) is 8.70. The lowest BCUT2D eigenvalue weighted by Crippen LogP contribution is -2.35. The summed E-state index contributed by atoms with van der Waals surface area (Å²) in [6.07, 6.45) is 3.80. The van der Waals surface area contributed by atoms with Gasteiger partial charge in [-0.1, -0.05) is 31.9 Å². The molecule has 1 aliphatic rings. The minimum atomic E-state index is 0.288. The molecule has 0 saturated carbocycles. The molecule has 0 amide bonds. The Morgan fingerprint density at radius 2 is 1.94 bits per heavy atom. The molecule has 0 aromatic carbocycles. The number of halogens is 1. The monoisotopic (exact) mass is 254 g/mol. The Morgan fingerprint density at radius 1 is 1.24 bits per heavy atom. The molecule has 1 N–H and O–H groups in total. The Balaban J connectivity index is 2.09. The number of hydrogen-bond acceptors (Lipinski definition) is 4. The maximum atomic E-state index is 6.00. The molecule has 0 aliphatic carbocycles. The summed E-state index contributed by atoms with van der Waals surface area (Å²) in [6, 6.07) is 1.78. The lowest BCUT2D eigenvalue weighted by Gasteiger charge is -2.27. The Bertz CT molecular complexity index is 375.